The number of halogens is 1. The first-order chi connectivity index (χ1) is 7.61. The van der Waals surface area contributed by atoms with Gasteiger partial charge in [-0.3, -0.25) is 4.79 Å². The van der Waals surface area contributed by atoms with Gasteiger partial charge in [0, 0.05) is 23.6 Å². The molecule has 0 radical (unpaired) electrons. The van der Waals surface area contributed by atoms with Gasteiger partial charge in [-0.1, -0.05) is 22.0 Å². The van der Waals surface area contributed by atoms with Gasteiger partial charge in [0.05, 0.1) is 6.04 Å². The Balaban J connectivity index is 2.26. The van der Waals surface area contributed by atoms with Gasteiger partial charge in [-0.25, -0.2) is 0 Å². The van der Waals surface area contributed by atoms with Gasteiger partial charge < -0.3 is 15.2 Å². The summed E-state index contributed by atoms with van der Waals surface area (Å²) in [6.45, 7) is 0. The fraction of sp³-hybridized carbons (Fsp3) is 0.364. The van der Waals surface area contributed by atoms with Crippen LogP contribution in [0.15, 0.2) is 22.7 Å². The molecule has 0 unspecified atom stereocenters. The predicted molar refractivity (Wildman–Crippen MR) is 62.0 cm³/mol. The fourth-order valence-corrected chi connectivity index (χ4v) is 2.19. The van der Waals surface area contributed by atoms with Crippen LogP contribution < -0.4 is 5.32 Å². The Kier molecular flexibility index (Phi) is 3.28. The largest absolute Gasteiger partial charge is 0.368 e. The highest BCUT2D eigenvalue weighted by Crippen LogP contribution is 2.30. The number of amides is 1. The molecule has 0 spiro atoms. The molecule has 1 aromatic carbocycles. The van der Waals surface area contributed by atoms with E-state index in [4.69, 9.17) is 4.74 Å². The number of fused-ring (bicyclic) bond motifs is 1. The minimum absolute atomic E-state index is 0.107. The number of carbonyl (C=O) groups excluding carboxylic acids is 1. The molecular weight excluding hydrogens is 274 g/mol. The van der Waals surface area contributed by atoms with Crippen molar-refractivity contribution >= 4 is 21.8 Å². The van der Waals surface area contributed by atoms with Gasteiger partial charge in [-0.15, -0.1) is 0 Å². The van der Waals surface area contributed by atoms with E-state index in [1.165, 1.54) is 7.11 Å². The number of aliphatic hydroxyl groups excluding tert-OH is 1. The minimum Gasteiger partial charge on any atom is -0.368 e. The first-order valence-corrected chi connectivity index (χ1v) is 5.72. The first-order valence-electron chi connectivity index (χ1n) is 4.93. The quantitative estimate of drug-likeness (QED) is 0.830. The number of benzene rings is 1. The zero-order valence-electron chi connectivity index (χ0n) is 8.74. The average molecular weight is 286 g/mol. The van der Waals surface area contributed by atoms with Crippen molar-refractivity contribution in [2.24, 2.45) is 0 Å². The highest BCUT2D eigenvalue weighted by atomic mass is 79.9. The van der Waals surface area contributed by atoms with Crippen LogP contribution in [-0.4, -0.2) is 24.4 Å². The molecule has 1 heterocycles. The number of aliphatic hydroxyl groups is 1. The minimum atomic E-state index is -0.861. The van der Waals surface area contributed by atoms with Crippen molar-refractivity contribution in [2.45, 2.75) is 18.8 Å². The lowest BCUT2D eigenvalue weighted by atomic mass is 10.0. The second-order valence-electron chi connectivity index (χ2n) is 3.68. The third-order valence-electron chi connectivity index (χ3n) is 2.65. The summed E-state index contributed by atoms with van der Waals surface area (Å²) >= 11 is 3.32. The predicted octanol–water partition coefficient (Wildman–Crippen LogP) is 1.59. The summed E-state index contributed by atoms with van der Waals surface area (Å²) in [6.07, 6.45) is -0.503. The van der Waals surface area contributed by atoms with Crippen molar-refractivity contribution in [1.29, 1.82) is 0 Å². The molecule has 5 heteroatoms. The SMILES string of the molecule is CO[C@H](O)C[C@@H]1NC(=O)c2cc(Br)ccc21. The maximum absolute atomic E-state index is 11.6. The molecule has 0 aromatic heterocycles. The number of ether oxygens (including phenoxy) is 1. The third-order valence-corrected chi connectivity index (χ3v) is 3.14. The van der Waals surface area contributed by atoms with E-state index in [9.17, 15) is 9.90 Å². The number of hydrogen-bond acceptors (Lipinski definition) is 3. The summed E-state index contributed by atoms with van der Waals surface area (Å²) in [7, 11) is 1.43. The maximum atomic E-state index is 11.6. The summed E-state index contributed by atoms with van der Waals surface area (Å²) in [5.41, 5.74) is 1.56. The van der Waals surface area contributed by atoms with Crippen LogP contribution in [0.4, 0.5) is 0 Å². The van der Waals surface area contributed by atoms with Crippen LogP contribution in [0, 0.1) is 0 Å². The van der Waals surface area contributed by atoms with Crippen molar-refractivity contribution in [2.75, 3.05) is 7.11 Å². The van der Waals surface area contributed by atoms with Crippen LogP contribution in [0.1, 0.15) is 28.4 Å². The molecule has 86 valence electrons. The molecule has 1 aromatic rings. The van der Waals surface area contributed by atoms with E-state index in [1.807, 2.05) is 12.1 Å². The molecule has 1 aliphatic heterocycles. The zero-order valence-corrected chi connectivity index (χ0v) is 10.3. The molecule has 1 amide bonds. The summed E-state index contributed by atoms with van der Waals surface area (Å²) in [6, 6.07) is 5.37. The Morgan fingerprint density at radius 2 is 2.38 bits per heavy atom. The van der Waals surface area contributed by atoms with Crippen molar-refractivity contribution in [1.82, 2.24) is 5.32 Å². The lowest BCUT2D eigenvalue weighted by Crippen LogP contribution is -2.24. The molecule has 16 heavy (non-hydrogen) atoms. The number of nitrogens with one attached hydrogen (secondary N) is 1. The molecular formula is C11H12BrNO3. The van der Waals surface area contributed by atoms with Crippen LogP contribution in [0.5, 0.6) is 0 Å². The highest BCUT2D eigenvalue weighted by Gasteiger charge is 2.29. The number of hydrogen-bond donors (Lipinski definition) is 2. The van der Waals surface area contributed by atoms with Crippen LogP contribution in [0.25, 0.3) is 0 Å². The smallest absolute Gasteiger partial charge is 0.252 e. The number of methoxy groups -OCH3 is 1. The molecule has 0 aliphatic carbocycles. The Morgan fingerprint density at radius 3 is 3.06 bits per heavy atom. The highest BCUT2D eigenvalue weighted by molar-refractivity contribution is 9.10. The van der Waals surface area contributed by atoms with Gasteiger partial charge in [0.15, 0.2) is 6.29 Å². The first kappa shape index (κ1) is 11.6. The Bertz CT molecular complexity index is 422. The van der Waals surface area contributed by atoms with E-state index < -0.39 is 6.29 Å². The molecule has 0 saturated carbocycles. The summed E-state index contributed by atoms with van der Waals surface area (Å²) < 4.78 is 5.65. The van der Waals surface area contributed by atoms with Gasteiger partial charge in [-0.2, -0.15) is 0 Å². The topological polar surface area (TPSA) is 58.6 Å². The van der Waals surface area contributed by atoms with Crippen molar-refractivity contribution in [3.05, 3.63) is 33.8 Å². The van der Waals surface area contributed by atoms with Gasteiger partial charge in [-0.05, 0) is 17.7 Å². The van der Waals surface area contributed by atoms with E-state index in [0.29, 0.717) is 12.0 Å². The molecule has 2 N–H and O–H groups in total. The van der Waals surface area contributed by atoms with Crippen molar-refractivity contribution in [3.8, 4) is 0 Å². The van der Waals surface area contributed by atoms with Gasteiger partial charge in [0.2, 0.25) is 0 Å². The molecule has 2 rings (SSSR count). The van der Waals surface area contributed by atoms with E-state index in [-0.39, 0.29) is 11.9 Å². The maximum Gasteiger partial charge on any atom is 0.252 e. The van der Waals surface area contributed by atoms with Gasteiger partial charge in [0.25, 0.3) is 5.91 Å². The molecule has 0 saturated heterocycles. The number of rotatable bonds is 3. The van der Waals surface area contributed by atoms with E-state index in [1.54, 1.807) is 6.07 Å². The van der Waals surface area contributed by atoms with Crippen LogP contribution in [0.3, 0.4) is 0 Å². The van der Waals surface area contributed by atoms with E-state index in [2.05, 4.69) is 21.2 Å². The molecule has 4 nitrogen and oxygen atoms in total. The lowest BCUT2D eigenvalue weighted by Gasteiger charge is -2.15. The Hall–Kier alpha value is -0.910. The Morgan fingerprint density at radius 1 is 1.62 bits per heavy atom. The van der Waals surface area contributed by atoms with Crippen LogP contribution in [-0.2, 0) is 4.74 Å². The van der Waals surface area contributed by atoms with Gasteiger partial charge in [0.1, 0.15) is 0 Å². The monoisotopic (exact) mass is 285 g/mol. The zero-order chi connectivity index (χ0) is 11.7. The summed E-state index contributed by atoms with van der Waals surface area (Å²) in [5.74, 6) is -0.107. The fourth-order valence-electron chi connectivity index (χ4n) is 1.83. The van der Waals surface area contributed by atoms with Crippen molar-refractivity contribution < 1.29 is 14.6 Å². The Labute approximate surface area is 102 Å². The second-order valence-corrected chi connectivity index (χ2v) is 4.60. The van der Waals surface area contributed by atoms with E-state index in [0.717, 1.165) is 10.0 Å². The number of carbonyl (C=O) groups is 1. The van der Waals surface area contributed by atoms with Gasteiger partial charge >= 0.3 is 0 Å². The third kappa shape index (κ3) is 2.11. The summed E-state index contributed by atoms with van der Waals surface area (Å²) in [4.78, 5) is 11.6. The molecule has 2 atom stereocenters. The normalized spacial score (nSPS) is 20.4. The average Bonchev–Trinajstić information content (AvgIpc) is 2.55. The van der Waals surface area contributed by atoms with Crippen molar-refractivity contribution in [3.63, 3.8) is 0 Å². The lowest BCUT2D eigenvalue weighted by molar-refractivity contribution is -0.0827. The van der Waals surface area contributed by atoms with Crippen LogP contribution >= 0.6 is 15.9 Å². The standard InChI is InChI=1S/C11H12BrNO3/c1-16-10(14)5-9-7-3-2-6(12)4-8(7)11(15)13-9/h2-4,9-10,14H,5H2,1H3,(H,13,15)/t9-,10-/m0/s1. The molecule has 0 bridgehead atoms. The molecule has 1 aliphatic rings. The van der Waals surface area contributed by atoms with E-state index >= 15 is 0 Å². The second kappa shape index (κ2) is 4.53. The van der Waals surface area contributed by atoms with Crippen LogP contribution in [0.2, 0.25) is 0 Å². The molecule has 0 fully saturated rings. The summed E-state index contributed by atoms with van der Waals surface area (Å²) in [5, 5.41) is 12.2.